The maximum absolute atomic E-state index is 11.2. The predicted octanol–water partition coefficient (Wildman–Crippen LogP) is 0.159. The summed E-state index contributed by atoms with van der Waals surface area (Å²) in [7, 11) is 0. The minimum absolute atomic E-state index is 0.0337. The summed E-state index contributed by atoms with van der Waals surface area (Å²) in [5.74, 6) is -1.34. The van der Waals surface area contributed by atoms with Gasteiger partial charge in [0.05, 0.1) is 6.42 Å². The van der Waals surface area contributed by atoms with Gasteiger partial charge in [-0.2, -0.15) is 0 Å². The molecule has 0 saturated carbocycles. The van der Waals surface area contributed by atoms with E-state index in [1.165, 1.54) is 13.8 Å². The largest absolute Gasteiger partial charge is 0.463 e. The van der Waals surface area contributed by atoms with Gasteiger partial charge in [-0.25, -0.2) is 0 Å². The standard InChI is InChI=1S/C12H16O7/c1-6(13)16-5-10-9(17-7(2)14)3-8-4-11(15)19-12(8)18-10/h8-10,12H,3-5H2,1-2H3/t8-,9-,10+,12+/m0/s1. The summed E-state index contributed by atoms with van der Waals surface area (Å²) in [6.45, 7) is 2.54. The van der Waals surface area contributed by atoms with E-state index in [9.17, 15) is 14.4 Å². The van der Waals surface area contributed by atoms with Gasteiger partial charge in [0.2, 0.25) is 6.29 Å². The molecule has 2 fully saturated rings. The third-order valence-electron chi connectivity index (χ3n) is 3.09. The molecule has 106 valence electrons. The quantitative estimate of drug-likeness (QED) is 0.534. The SMILES string of the molecule is CC(=O)OC[C@H]1O[C@@H]2OC(=O)C[C@@H]2C[C@@H]1OC(C)=O. The van der Waals surface area contributed by atoms with Gasteiger partial charge in [0.1, 0.15) is 18.8 Å². The summed E-state index contributed by atoms with van der Waals surface area (Å²) < 4.78 is 20.6. The van der Waals surface area contributed by atoms with Gasteiger partial charge in [0.25, 0.3) is 0 Å². The maximum atomic E-state index is 11.2. The molecule has 0 N–H and O–H groups in total. The fourth-order valence-electron chi connectivity index (χ4n) is 2.31. The number of carbonyl (C=O) groups excluding carboxylic acids is 3. The molecule has 2 aliphatic rings. The van der Waals surface area contributed by atoms with Crippen molar-refractivity contribution in [2.24, 2.45) is 5.92 Å². The van der Waals surface area contributed by atoms with Crippen LogP contribution < -0.4 is 0 Å². The van der Waals surface area contributed by atoms with Gasteiger partial charge in [-0.05, 0) is 6.42 Å². The average Bonchev–Trinajstić information content (AvgIpc) is 2.64. The fraction of sp³-hybridized carbons (Fsp3) is 0.750. The molecule has 0 aromatic heterocycles. The molecule has 2 heterocycles. The molecule has 4 atom stereocenters. The van der Waals surface area contributed by atoms with Gasteiger partial charge in [0, 0.05) is 19.8 Å². The van der Waals surface area contributed by atoms with Crippen LogP contribution in [0, 0.1) is 5.92 Å². The van der Waals surface area contributed by atoms with Gasteiger partial charge in [-0.15, -0.1) is 0 Å². The molecule has 2 rings (SSSR count). The van der Waals surface area contributed by atoms with Gasteiger partial charge in [0.15, 0.2) is 0 Å². The summed E-state index contributed by atoms with van der Waals surface area (Å²) in [6, 6.07) is 0. The van der Waals surface area contributed by atoms with E-state index in [1.807, 2.05) is 0 Å². The lowest BCUT2D eigenvalue weighted by molar-refractivity contribution is -0.234. The lowest BCUT2D eigenvalue weighted by Crippen LogP contribution is -2.47. The van der Waals surface area contributed by atoms with Crippen LogP contribution in [0.3, 0.4) is 0 Å². The summed E-state index contributed by atoms with van der Waals surface area (Å²) in [5.41, 5.74) is 0. The predicted molar refractivity (Wildman–Crippen MR) is 59.7 cm³/mol. The number of fused-ring (bicyclic) bond motifs is 1. The second-order valence-electron chi connectivity index (χ2n) is 4.68. The number of rotatable bonds is 3. The smallest absolute Gasteiger partial charge is 0.308 e. The van der Waals surface area contributed by atoms with Crippen molar-refractivity contribution in [3.8, 4) is 0 Å². The van der Waals surface area contributed by atoms with Crippen LogP contribution in [-0.2, 0) is 33.3 Å². The van der Waals surface area contributed by atoms with Crippen molar-refractivity contribution < 1.29 is 33.3 Å². The molecular formula is C12H16O7. The Balaban J connectivity index is 2.01. The summed E-state index contributed by atoms with van der Waals surface area (Å²) in [6.07, 6.45) is -1.07. The zero-order valence-electron chi connectivity index (χ0n) is 10.8. The minimum atomic E-state index is -0.639. The topological polar surface area (TPSA) is 88.1 Å². The van der Waals surface area contributed by atoms with E-state index in [1.54, 1.807) is 0 Å². The summed E-state index contributed by atoms with van der Waals surface area (Å²) in [4.78, 5) is 33.1. The van der Waals surface area contributed by atoms with Crippen LogP contribution in [0.4, 0.5) is 0 Å². The Morgan fingerprint density at radius 2 is 2.05 bits per heavy atom. The number of hydrogen-bond donors (Lipinski definition) is 0. The number of ether oxygens (including phenoxy) is 4. The van der Waals surface area contributed by atoms with Crippen molar-refractivity contribution in [3.63, 3.8) is 0 Å². The highest BCUT2D eigenvalue weighted by molar-refractivity contribution is 5.72. The highest BCUT2D eigenvalue weighted by Gasteiger charge is 2.46. The van der Waals surface area contributed by atoms with Crippen molar-refractivity contribution in [2.75, 3.05) is 6.61 Å². The lowest BCUT2D eigenvalue weighted by Gasteiger charge is -2.36. The molecule has 0 spiro atoms. The van der Waals surface area contributed by atoms with E-state index in [2.05, 4.69) is 0 Å². The van der Waals surface area contributed by atoms with Crippen molar-refractivity contribution >= 4 is 17.9 Å². The molecule has 0 aliphatic carbocycles. The van der Waals surface area contributed by atoms with E-state index in [4.69, 9.17) is 18.9 Å². The van der Waals surface area contributed by atoms with E-state index < -0.39 is 30.4 Å². The first-order valence-corrected chi connectivity index (χ1v) is 6.11. The van der Waals surface area contributed by atoms with Crippen molar-refractivity contribution in [1.29, 1.82) is 0 Å². The number of esters is 3. The average molecular weight is 272 g/mol. The molecule has 2 saturated heterocycles. The molecule has 0 aromatic carbocycles. The van der Waals surface area contributed by atoms with Crippen LogP contribution in [0.2, 0.25) is 0 Å². The molecule has 0 radical (unpaired) electrons. The first-order chi connectivity index (χ1) is 8.95. The van der Waals surface area contributed by atoms with Gasteiger partial charge >= 0.3 is 17.9 Å². The second-order valence-corrected chi connectivity index (χ2v) is 4.68. The summed E-state index contributed by atoms with van der Waals surface area (Å²) in [5, 5.41) is 0. The normalized spacial score (nSPS) is 33.3. The number of hydrogen-bond acceptors (Lipinski definition) is 7. The zero-order valence-corrected chi connectivity index (χ0v) is 10.8. The lowest BCUT2D eigenvalue weighted by atomic mass is 9.93. The van der Waals surface area contributed by atoms with E-state index in [0.717, 1.165) is 0 Å². The van der Waals surface area contributed by atoms with E-state index in [0.29, 0.717) is 6.42 Å². The van der Waals surface area contributed by atoms with E-state index >= 15 is 0 Å². The first kappa shape index (κ1) is 13.8. The fourth-order valence-corrected chi connectivity index (χ4v) is 2.31. The molecule has 7 heteroatoms. The Labute approximate surface area is 110 Å². The van der Waals surface area contributed by atoms with Crippen molar-refractivity contribution in [1.82, 2.24) is 0 Å². The summed E-state index contributed by atoms with van der Waals surface area (Å²) >= 11 is 0. The van der Waals surface area contributed by atoms with Crippen LogP contribution in [0.15, 0.2) is 0 Å². The van der Waals surface area contributed by atoms with Crippen LogP contribution in [0.1, 0.15) is 26.7 Å². The third kappa shape index (κ3) is 3.44. The molecule has 7 nitrogen and oxygen atoms in total. The van der Waals surface area contributed by atoms with Crippen LogP contribution in [0.25, 0.3) is 0 Å². The van der Waals surface area contributed by atoms with Crippen molar-refractivity contribution in [3.05, 3.63) is 0 Å². The first-order valence-electron chi connectivity index (χ1n) is 6.11. The van der Waals surface area contributed by atoms with Crippen LogP contribution in [-0.4, -0.2) is 43.0 Å². The van der Waals surface area contributed by atoms with E-state index in [-0.39, 0.29) is 24.9 Å². The Morgan fingerprint density at radius 1 is 1.32 bits per heavy atom. The molecular weight excluding hydrogens is 256 g/mol. The number of carbonyl (C=O) groups is 3. The van der Waals surface area contributed by atoms with Gasteiger partial charge in [-0.1, -0.05) is 0 Å². The minimum Gasteiger partial charge on any atom is -0.463 e. The Morgan fingerprint density at radius 3 is 2.68 bits per heavy atom. The molecule has 0 aromatic rings. The molecule has 19 heavy (non-hydrogen) atoms. The third-order valence-corrected chi connectivity index (χ3v) is 3.09. The van der Waals surface area contributed by atoms with Crippen LogP contribution >= 0.6 is 0 Å². The Bertz CT molecular complexity index is 392. The highest BCUT2D eigenvalue weighted by Crippen LogP contribution is 2.35. The Hall–Kier alpha value is -1.63. The Kier molecular flexibility index (Phi) is 4.04. The van der Waals surface area contributed by atoms with Crippen LogP contribution in [0.5, 0.6) is 0 Å². The molecule has 0 bridgehead atoms. The maximum Gasteiger partial charge on any atom is 0.308 e. The molecule has 2 aliphatic heterocycles. The zero-order chi connectivity index (χ0) is 14.0. The monoisotopic (exact) mass is 272 g/mol. The molecule has 0 amide bonds. The van der Waals surface area contributed by atoms with Gasteiger partial charge in [-0.3, -0.25) is 14.4 Å². The molecule has 0 unspecified atom stereocenters. The highest BCUT2D eigenvalue weighted by atomic mass is 16.7. The van der Waals surface area contributed by atoms with Crippen molar-refractivity contribution in [2.45, 2.75) is 45.2 Å². The van der Waals surface area contributed by atoms with Gasteiger partial charge < -0.3 is 18.9 Å². The second kappa shape index (κ2) is 5.56.